The second kappa shape index (κ2) is 3.67. The van der Waals surface area contributed by atoms with Gasteiger partial charge < -0.3 is 5.73 Å². The van der Waals surface area contributed by atoms with Crippen molar-refractivity contribution < 1.29 is 0 Å². The monoisotopic (exact) mass is 206 g/mol. The maximum Gasteiger partial charge on any atom is 0.0951 e. The number of aryl methyl sites for hydroxylation is 2. The lowest BCUT2D eigenvalue weighted by Gasteiger charge is -1.98. The third kappa shape index (κ3) is 1.53. The van der Waals surface area contributed by atoms with Crippen LogP contribution < -0.4 is 5.73 Å². The molecule has 1 heterocycles. The Balaban J connectivity index is 2.59. The zero-order chi connectivity index (χ0) is 10.1. The Kier molecular flexibility index (Phi) is 2.52. The molecule has 14 heavy (non-hydrogen) atoms. The summed E-state index contributed by atoms with van der Waals surface area (Å²) in [5, 5.41) is 1.15. The highest BCUT2D eigenvalue weighted by Crippen LogP contribution is 2.26. The maximum absolute atomic E-state index is 5.52. The Bertz CT molecular complexity index is 460. The number of nitrogens with zero attached hydrogens (tertiary/aromatic N) is 1. The van der Waals surface area contributed by atoms with Crippen molar-refractivity contribution in [2.24, 2.45) is 5.73 Å². The lowest BCUT2D eigenvalue weighted by atomic mass is 10.1. The molecule has 0 aliphatic rings. The van der Waals surface area contributed by atoms with E-state index in [9.17, 15) is 0 Å². The third-order valence-corrected chi connectivity index (χ3v) is 3.57. The second-order valence-corrected chi connectivity index (χ2v) is 4.62. The molecule has 0 amide bonds. The van der Waals surface area contributed by atoms with Crippen LogP contribution >= 0.6 is 11.3 Å². The number of hydrogen-bond donors (Lipinski definition) is 1. The number of aromatic nitrogens is 1. The maximum atomic E-state index is 5.52. The summed E-state index contributed by atoms with van der Waals surface area (Å²) in [5.41, 5.74) is 9.27. The van der Waals surface area contributed by atoms with Crippen LogP contribution in [0.1, 0.15) is 16.1 Å². The molecule has 74 valence electrons. The molecule has 0 unspecified atom stereocenters. The van der Waals surface area contributed by atoms with E-state index < -0.39 is 0 Å². The number of rotatable bonds is 2. The Morgan fingerprint density at radius 2 is 2.14 bits per heavy atom. The molecule has 0 bridgehead atoms. The van der Waals surface area contributed by atoms with Gasteiger partial charge in [0.05, 0.1) is 15.2 Å². The Labute approximate surface area is 87.8 Å². The summed E-state index contributed by atoms with van der Waals surface area (Å²) in [6.45, 7) is 4.93. The average molecular weight is 206 g/mol. The minimum Gasteiger partial charge on any atom is -0.330 e. The van der Waals surface area contributed by atoms with Crippen LogP contribution in [0.15, 0.2) is 12.1 Å². The number of benzene rings is 1. The van der Waals surface area contributed by atoms with Crippen LogP contribution in [0, 0.1) is 13.8 Å². The van der Waals surface area contributed by atoms with E-state index in [1.165, 1.54) is 15.8 Å². The van der Waals surface area contributed by atoms with Crippen molar-refractivity contribution in [1.29, 1.82) is 0 Å². The van der Waals surface area contributed by atoms with Crippen molar-refractivity contribution in [2.75, 3.05) is 6.54 Å². The first kappa shape index (κ1) is 9.62. The first-order chi connectivity index (χ1) is 6.72. The van der Waals surface area contributed by atoms with Crippen molar-refractivity contribution in [3.63, 3.8) is 0 Å². The van der Waals surface area contributed by atoms with Crippen LogP contribution in [-0.4, -0.2) is 11.5 Å². The molecule has 2 nitrogen and oxygen atoms in total. The predicted molar refractivity (Wildman–Crippen MR) is 61.9 cm³/mol. The van der Waals surface area contributed by atoms with E-state index in [1.807, 2.05) is 0 Å². The fourth-order valence-electron chi connectivity index (χ4n) is 1.50. The quantitative estimate of drug-likeness (QED) is 0.819. The summed E-state index contributed by atoms with van der Waals surface area (Å²) in [7, 11) is 0. The molecule has 0 saturated heterocycles. The molecule has 3 heteroatoms. The van der Waals surface area contributed by atoms with Gasteiger partial charge in [-0.3, -0.25) is 0 Å². The van der Waals surface area contributed by atoms with E-state index in [4.69, 9.17) is 5.73 Å². The lowest BCUT2D eigenvalue weighted by molar-refractivity contribution is 0.957. The smallest absolute Gasteiger partial charge is 0.0951 e. The van der Waals surface area contributed by atoms with Gasteiger partial charge in [0, 0.05) is 6.42 Å². The minimum absolute atomic E-state index is 0.678. The SMILES string of the molecule is Cc1ccc2sc(CCN)nc2c1C. The molecule has 1 aromatic carbocycles. The van der Waals surface area contributed by atoms with E-state index in [1.54, 1.807) is 11.3 Å². The molecule has 0 radical (unpaired) electrons. The summed E-state index contributed by atoms with van der Waals surface area (Å²) in [6, 6.07) is 4.30. The Morgan fingerprint density at radius 1 is 1.36 bits per heavy atom. The first-order valence-electron chi connectivity index (χ1n) is 4.78. The molecule has 2 rings (SSSR count). The molecule has 2 N–H and O–H groups in total. The van der Waals surface area contributed by atoms with Crippen LogP contribution in [0.25, 0.3) is 10.2 Å². The first-order valence-corrected chi connectivity index (χ1v) is 5.59. The molecular weight excluding hydrogens is 192 g/mol. The molecule has 1 aromatic heterocycles. The van der Waals surface area contributed by atoms with Crippen molar-refractivity contribution >= 4 is 21.6 Å². The van der Waals surface area contributed by atoms with E-state index in [0.717, 1.165) is 16.9 Å². The Morgan fingerprint density at radius 3 is 2.86 bits per heavy atom. The molecule has 0 spiro atoms. The van der Waals surface area contributed by atoms with Gasteiger partial charge in [-0.15, -0.1) is 11.3 Å². The normalized spacial score (nSPS) is 11.1. The standard InChI is InChI=1S/C11H14N2S/c1-7-3-4-9-11(8(7)2)13-10(14-9)5-6-12/h3-4H,5-6,12H2,1-2H3. The molecule has 0 saturated carbocycles. The van der Waals surface area contributed by atoms with Gasteiger partial charge in [-0.2, -0.15) is 0 Å². The van der Waals surface area contributed by atoms with Gasteiger partial charge in [-0.05, 0) is 37.6 Å². The lowest BCUT2D eigenvalue weighted by Crippen LogP contribution is -2.01. The van der Waals surface area contributed by atoms with Gasteiger partial charge in [-0.1, -0.05) is 6.07 Å². The fourth-order valence-corrected chi connectivity index (χ4v) is 2.54. The highest BCUT2D eigenvalue weighted by molar-refractivity contribution is 7.18. The molecule has 0 fully saturated rings. The number of nitrogens with two attached hydrogens (primary N) is 1. The van der Waals surface area contributed by atoms with Gasteiger partial charge in [0.1, 0.15) is 0 Å². The van der Waals surface area contributed by atoms with Gasteiger partial charge in [0.2, 0.25) is 0 Å². The Hall–Kier alpha value is -0.930. The highest BCUT2D eigenvalue weighted by Gasteiger charge is 2.06. The zero-order valence-electron chi connectivity index (χ0n) is 8.50. The van der Waals surface area contributed by atoms with Crippen LogP contribution in [0.5, 0.6) is 0 Å². The van der Waals surface area contributed by atoms with Crippen LogP contribution in [0.2, 0.25) is 0 Å². The summed E-state index contributed by atoms with van der Waals surface area (Å²) in [4.78, 5) is 4.60. The highest BCUT2D eigenvalue weighted by atomic mass is 32.1. The topological polar surface area (TPSA) is 38.9 Å². The third-order valence-electron chi connectivity index (χ3n) is 2.49. The summed E-state index contributed by atoms with van der Waals surface area (Å²) in [5.74, 6) is 0. The number of thiazole rings is 1. The van der Waals surface area contributed by atoms with Gasteiger partial charge in [0.25, 0.3) is 0 Å². The molecule has 0 atom stereocenters. The van der Waals surface area contributed by atoms with Crippen molar-refractivity contribution in [3.8, 4) is 0 Å². The zero-order valence-corrected chi connectivity index (χ0v) is 9.32. The second-order valence-electron chi connectivity index (χ2n) is 3.50. The van der Waals surface area contributed by atoms with Crippen LogP contribution in [-0.2, 0) is 6.42 Å². The van der Waals surface area contributed by atoms with Crippen molar-refractivity contribution in [2.45, 2.75) is 20.3 Å². The minimum atomic E-state index is 0.678. The predicted octanol–water partition coefficient (Wildman–Crippen LogP) is 2.41. The van der Waals surface area contributed by atoms with Crippen molar-refractivity contribution in [1.82, 2.24) is 4.98 Å². The van der Waals surface area contributed by atoms with Crippen LogP contribution in [0.3, 0.4) is 0 Å². The van der Waals surface area contributed by atoms with Gasteiger partial charge >= 0.3 is 0 Å². The molecular formula is C11H14N2S. The average Bonchev–Trinajstić information content (AvgIpc) is 2.56. The van der Waals surface area contributed by atoms with E-state index in [2.05, 4.69) is 31.0 Å². The molecule has 0 aliphatic heterocycles. The molecule has 0 aliphatic carbocycles. The largest absolute Gasteiger partial charge is 0.330 e. The van der Waals surface area contributed by atoms with Gasteiger partial charge in [0.15, 0.2) is 0 Å². The number of fused-ring (bicyclic) bond motifs is 1. The molecule has 2 aromatic rings. The summed E-state index contributed by atoms with van der Waals surface area (Å²) < 4.78 is 1.27. The summed E-state index contributed by atoms with van der Waals surface area (Å²) >= 11 is 1.75. The fraction of sp³-hybridized carbons (Fsp3) is 0.364. The van der Waals surface area contributed by atoms with Crippen LogP contribution in [0.4, 0.5) is 0 Å². The van der Waals surface area contributed by atoms with Gasteiger partial charge in [-0.25, -0.2) is 4.98 Å². The van der Waals surface area contributed by atoms with E-state index in [0.29, 0.717) is 6.54 Å². The van der Waals surface area contributed by atoms with E-state index in [-0.39, 0.29) is 0 Å². The summed E-state index contributed by atoms with van der Waals surface area (Å²) in [6.07, 6.45) is 0.887. The van der Waals surface area contributed by atoms with Crippen molar-refractivity contribution in [3.05, 3.63) is 28.3 Å². The van der Waals surface area contributed by atoms with E-state index >= 15 is 0 Å². The number of hydrogen-bond acceptors (Lipinski definition) is 3.